The van der Waals surface area contributed by atoms with Gasteiger partial charge < -0.3 is 4.74 Å². The van der Waals surface area contributed by atoms with E-state index in [9.17, 15) is 8.78 Å². The minimum atomic E-state index is -2.54. The van der Waals surface area contributed by atoms with Gasteiger partial charge in [0.25, 0.3) is 6.43 Å². The Bertz CT molecular complexity index is 383. The first-order valence-corrected chi connectivity index (χ1v) is 7.50. The lowest BCUT2D eigenvalue weighted by Gasteiger charge is -2.08. The van der Waals surface area contributed by atoms with Crippen LogP contribution in [-0.2, 0) is 6.42 Å². The van der Waals surface area contributed by atoms with Crippen LogP contribution in [0.1, 0.15) is 69.7 Å². The normalized spacial score (nSPS) is 11.1. The molecule has 0 unspecified atom stereocenters. The first-order valence-electron chi connectivity index (χ1n) is 7.50. The van der Waals surface area contributed by atoms with Crippen LogP contribution in [0.25, 0.3) is 0 Å². The molecule has 0 saturated carbocycles. The van der Waals surface area contributed by atoms with Crippen LogP contribution in [0.3, 0.4) is 0 Å². The van der Waals surface area contributed by atoms with Crippen LogP contribution in [0.2, 0.25) is 0 Å². The third-order valence-corrected chi connectivity index (χ3v) is 3.37. The highest BCUT2D eigenvalue weighted by atomic mass is 19.3. The van der Waals surface area contributed by atoms with Crippen molar-refractivity contribution in [2.24, 2.45) is 0 Å². The molecule has 0 aliphatic carbocycles. The quantitative estimate of drug-likeness (QED) is 0.543. The van der Waals surface area contributed by atoms with E-state index in [1.807, 2.05) is 0 Å². The minimum Gasteiger partial charge on any atom is -0.497 e. The first-order chi connectivity index (χ1) is 9.67. The fourth-order valence-electron chi connectivity index (χ4n) is 2.20. The molecule has 0 atom stereocenters. The molecule has 2 nitrogen and oxygen atoms in total. The maximum atomic E-state index is 12.7. The van der Waals surface area contributed by atoms with E-state index in [0.29, 0.717) is 11.4 Å². The maximum Gasteiger partial charge on any atom is 0.280 e. The first kappa shape index (κ1) is 16.9. The summed E-state index contributed by atoms with van der Waals surface area (Å²) in [7, 11) is 1.49. The van der Waals surface area contributed by atoms with Crippen molar-refractivity contribution in [1.82, 2.24) is 4.98 Å². The molecule has 0 aromatic carbocycles. The van der Waals surface area contributed by atoms with Gasteiger partial charge in [-0.2, -0.15) is 0 Å². The molecular weight excluding hydrogens is 260 g/mol. The molecule has 0 bridgehead atoms. The van der Waals surface area contributed by atoms with Crippen LogP contribution in [0.4, 0.5) is 8.78 Å². The summed E-state index contributed by atoms with van der Waals surface area (Å²) in [6.45, 7) is 2.20. The van der Waals surface area contributed by atoms with E-state index < -0.39 is 6.43 Å². The molecule has 1 aromatic rings. The van der Waals surface area contributed by atoms with Gasteiger partial charge in [0.1, 0.15) is 11.4 Å². The highest BCUT2D eigenvalue weighted by Gasteiger charge is 2.12. The molecule has 0 aliphatic heterocycles. The Morgan fingerprint density at radius 1 is 1.05 bits per heavy atom. The van der Waals surface area contributed by atoms with Crippen molar-refractivity contribution in [3.8, 4) is 5.75 Å². The van der Waals surface area contributed by atoms with Crippen LogP contribution in [0, 0.1) is 0 Å². The van der Waals surface area contributed by atoms with Gasteiger partial charge in [0.2, 0.25) is 0 Å². The van der Waals surface area contributed by atoms with Gasteiger partial charge in [0, 0.05) is 17.8 Å². The molecule has 0 saturated heterocycles. The van der Waals surface area contributed by atoms with E-state index in [0.717, 1.165) is 19.3 Å². The van der Waals surface area contributed by atoms with Crippen molar-refractivity contribution in [3.05, 3.63) is 23.5 Å². The Morgan fingerprint density at radius 3 is 2.30 bits per heavy atom. The van der Waals surface area contributed by atoms with E-state index >= 15 is 0 Å². The molecular formula is C16H25F2NO. The Labute approximate surface area is 120 Å². The second-order valence-electron chi connectivity index (χ2n) is 5.10. The van der Waals surface area contributed by atoms with Crippen molar-refractivity contribution < 1.29 is 13.5 Å². The molecule has 4 heteroatoms. The second-order valence-corrected chi connectivity index (χ2v) is 5.10. The molecule has 0 radical (unpaired) electrons. The van der Waals surface area contributed by atoms with Gasteiger partial charge in [-0.1, -0.05) is 45.4 Å². The largest absolute Gasteiger partial charge is 0.497 e. The fourth-order valence-corrected chi connectivity index (χ4v) is 2.20. The SMILES string of the molecule is CCCCCCCCCc1cc(OC)cc(C(F)F)n1. The van der Waals surface area contributed by atoms with Crippen molar-refractivity contribution in [2.75, 3.05) is 7.11 Å². The number of aryl methyl sites for hydroxylation is 1. The summed E-state index contributed by atoms with van der Waals surface area (Å²) in [6, 6.07) is 3.06. The molecule has 0 N–H and O–H groups in total. The molecule has 0 spiro atoms. The van der Waals surface area contributed by atoms with Gasteiger partial charge in [-0.15, -0.1) is 0 Å². The summed E-state index contributed by atoms with van der Waals surface area (Å²) in [5, 5.41) is 0. The minimum absolute atomic E-state index is 0.192. The van der Waals surface area contributed by atoms with Gasteiger partial charge in [0.15, 0.2) is 0 Å². The van der Waals surface area contributed by atoms with Crippen molar-refractivity contribution >= 4 is 0 Å². The van der Waals surface area contributed by atoms with Crippen molar-refractivity contribution in [2.45, 2.75) is 64.7 Å². The Hall–Kier alpha value is -1.19. The molecule has 1 aromatic heterocycles. The summed E-state index contributed by atoms with van der Waals surface area (Å²) in [6.07, 6.45) is 6.65. The molecule has 0 fully saturated rings. The molecule has 0 aliphatic rings. The summed E-state index contributed by atoms with van der Waals surface area (Å²) in [5.74, 6) is 0.466. The van der Waals surface area contributed by atoms with Crippen LogP contribution in [-0.4, -0.2) is 12.1 Å². The van der Waals surface area contributed by atoms with Gasteiger partial charge in [-0.3, -0.25) is 4.98 Å². The number of alkyl halides is 2. The predicted molar refractivity (Wildman–Crippen MR) is 77.4 cm³/mol. The van der Waals surface area contributed by atoms with Gasteiger partial charge >= 0.3 is 0 Å². The van der Waals surface area contributed by atoms with Gasteiger partial charge in [-0.25, -0.2) is 8.78 Å². The molecule has 1 heterocycles. The smallest absolute Gasteiger partial charge is 0.280 e. The Morgan fingerprint density at radius 2 is 1.70 bits per heavy atom. The number of ether oxygens (including phenoxy) is 1. The Balaban J connectivity index is 2.37. The number of rotatable bonds is 10. The van der Waals surface area contributed by atoms with E-state index in [1.54, 1.807) is 6.07 Å². The van der Waals surface area contributed by atoms with Crippen LogP contribution in [0.5, 0.6) is 5.75 Å². The number of aromatic nitrogens is 1. The van der Waals surface area contributed by atoms with Crippen molar-refractivity contribution in [1.29, 1.82) is 0 Å². The highest BCUT2D eigenvalue weighted by Crippen LogP contribution is 2.23. The number of hydrogen-bond donors (Lipinski definition) is 0. The topological polar surface area (TPSA) is 22.1 Å². The second kappa shape index (κ2) is 9.67. The highest BCUT2D eigenvalue weighted by molar-refractivity contribution is 5.27. The van der Waals surface area contributed by atoms with Crippen LogP contribution >= 0.6 is 0 Å². The lowest BCUT2D eigenvalue weighted by atomic mass is 10.1. The lowest BCUT2D eigenvalue weighted by molar-refractivity contribution is 0.145. The number of unbranched alkanes of at least 4 members (excludes halogenated alkanes) is 6. The lowest BCUT2D eigenvalue weighted by Crippen LogP contribution is -1.98. The average Bonchev–Trinajstić information content (AvgIpc) is 2.46. The number of hydrogen-bond acceptors (Lipinski definition) is 2. The third kappa shape index (κ3) is 6.31. The maximum absolute atomic E-state index is 12.7. The summed E-state index contributed by atoms with van der Waals surface area (Å²) in [4.78, 5) is 4.00. The monoisotopic (exact) mass is 285 g/mol. The average molecular weight is 285 g/mol. The van der Waals surface area contributed by atoms with Crippen LogP contribution in [0.15, 0.2) is 12.1 Å². The van der Waals surface area contributed by atoms with E-state index in [1.165, 1.54) is 45.3 Å². The van der Waals surface area contributed by atoms with Crippen LogP contribution < -0.4 is 4.74 Å². The summed E-state index contributed by atoms with van der Waals surface area (Å²) >= 11 is 0. The number of pyridine rings is 1. The third-order valence-electron chi connectivity index (χ3n) is 3.37. The predicted octanol–water partition coefficient (Wildman–Crippen LogP) is 5.32. The molecule has 0 amide bonds. The molecule has 1 rings (SSSR count). The van der Waals surface area contributed by atoms with E-state index in [-0.39, 0.29) is 5.69 Å². The number of nitrogens with zero attached hydrogens (tertiary/aromatic N) is 1. The molecule has 20 heavy (non-hydrogen) atoms. The summed E-state index contributed by atoms with van der Waals surface area (Å²) in [5.41, 5.74) is 0.510. The zero-order valence-electron chi connectivity index (χ0n) is 12.5. The van der Waals surface area contributed by atoms with Gasteiger partial charge in [-0.05, 0) is 12.8 Å². The fraction of sp³-hybridized carbons (Fsp3) is 0.688. The zero-order valence-corrected chi connectivity index (χ0v) is 12.5. The number of halogens is 2. The number of methoxy groups -OCH3 is 1. The molecule has 114 valence electrons. The zero-order chi connectivity index (χ0) is 14.8. The standard InChI is InChI=1S/C16H25F2NO/c1-3-4-5-6-7-8-9-10-13-11-14(20-2)12-15(19-13)16(17)18/h11-12,16H,3-10H2,1-2H3. The Kier molecular flexibility index (Phi) is 8.16. The van der Waals surface area contributed by atoms with Crippen molar-refractivity contribution in [3.63, 3.8) is 0 Å². The summed E-state index contributed by atoms with van der Waals surface area (Å²) < 4.78 is 30.5. The van der Waals surface area contributed by atoms with E-state index in [4.69, 9.17) is 4.74 Å². The van der Waals surface area contributed by atoms with E-state index in [2.05, 4.69) is 11.9 Å². The van der Waals surface area contributed by atoms with Gasteiger partial charge in [0.05, 0.1) is 7.11 Å².